The Balaban J connectivity index is 2.38. The van der Waals surface area contributed by atoms with Crippen LogP contribution in [0.5, 0.6) is 0 Å². The van der Waals surface area contributed by atoms with Crippen molar-refractivity contribution in [1.29, 1.82) is 0 Å². The number of aliphatic carboxylic acids is 1. The van der Waals surface area contributed by atoms with E-state index in [9.17, 15) is 9.90 Å². The third-order valence-electron chi connectivity index (χ3n) is 3.19. The van der Waals surface area contributed by atoms with E-state index >= 15 is 0 Å². The van der Waals surface area contributed by atoms with Crippen LogP contribution in [0.15, 0.2) is 35.2 Å². The molecule has 2 N–H and O–H groups in total. The molecule has 0 atom stereocenters. The molecule has 1 aromatic rings. The van der Waals surface area contributed by atoms with Crippen LogP contribution in [0.2, 0.25) is 0 Å². The molecule has 1 aromatic carbocycles. The van der Waals surface area contributed by atoms with Crippen LogP contribution in [0.4, 0.5) is 0 Å². The molecule has 0 radical (unpaired) electrons. The first-order valence-electron chi connectivity index (χ1n) is 6.31. The molecule has 0 aromatic heterocycles. The number of rotatable bonds is 8. The van der Waals surface area contributed by atoms with Crippen LogP contribution in [0.25, 0.3) is 0 Å². The predicted octanol–water partition coefficient (Wildman–Crippen LogP) is 3.01. The summed E-state index contributed by atoms with van der Waals surface area (Å²) in [4.78, 5) is 12.5. The Labute approximate surface area is 113 Å². The van der Waals surface area contributed by atoms with Crippen LogP contribution in [0.3, 0.4) is 0 Å². The fourth-order valence-corrected chi connectivity index (χ4v) is 2.64. The Hall–Kier alpha value is -1.00. The summed E-state index contributed by atoms with van der Waals surface area (Å²) >= 11 is 1.74. The van der Waals surface area contributed by atoms with Gasteiger partial charge in [0.1, 0.15) is 5.54 Å². The number of nitrogens with one attached hydrogen (secondary N) is 1. The average Bonchev–Trinajstić information content (AvgIpc) is 2.40. The van der Waals surface area contributed by atoms with Crippen molar-refractivity contribution < 1.29 is 9.90 Å². The van der Waals surface area contributed by atoms with Crippen LogP contribution in [0, 0.1) is 0 Å². The summed E-state index contributed by atoms with van der Waals surface area (Å²) in [5, 5.41) is 12.5. The normalized spacial score (nSPS) is 11.4. The Morgan fingerprint density at radius 2 is 1.89 bits per heavy atom. The number of thioether (sulfide) groups is 1. The van der Waals surface area contributed by atoms with Gasteiger partial charge >= 0.3 is 5.97 Å². The van der Waals surface area contributed by atoms with E-state index in [0.29, 0.717) is 19.4 Å². The second-order valence-electron chi connectivity index (χ2n) is 4.18. The highest BCUT2D eigenvalue weighted by atomic mass is 32.2. The van der Waals surface area contributed by atoms with Gasteiger partial charge in [0, 0.05) is 17.2 Å². The Bertz CT molecular complexity index is 363. The van der Waals surface area contributed by atoms with E-state index in [1.807, 2.05) is 32.0 Å². The molecule has 0 unspecified atom stereocenters. The lowest BCUT2D eigenvalue weighted by atomic mass is 9.93. The molecular weight excluding hydrogens is 246 g/mol. The molecule has 18 heavy (non-hydrogen) atoms. The monoisotopic (exact) mass is 267 g/mol. The van der Waals surface area contributed by atoms with E-state index in [-0.39, 0.29) is 0 Å². The molecule has 4 heteroatoms. The molecule has 0 bridgehead atoms. The lowest BCUT2D eigenvalue weighted by Gasteiger charge is -2.28. The number of carboxylic acid groups (broad SMARTS) is 1. The summed E-state index contributed by atoms with van der Waals surface area (Å²) in [5.41, 5.74) is -0.767. The van der Waals surface area contributed by atoms with Gasteiger partial charge in [0.25, 0.3) is 0 Å². The molecule has 0 spiro atoms. The SMILES string of the molecule is CCC(CC)(NCCSc1ccccc1)C(=O)O. The van der Waals surface area contributed by atoms with Gasteiger partial charge in [0.05, 0.1) is 0 Å². The standard InChI is InChI=1S/C14H21NO2S/c1-3-14(4-2,13(16)17)15-10-11-18-12-8-6-5-7-9-12/h5-9,15H,3-4,10-11H2,1-2H3,(H,16,17). The van der Waals surface area contributed by atoms with Gasteiger partial charge in [0.15, 0.2) is 0 Å². The lowest BCUT2D eigenvalue weighted by molar-refractivity contribution is -0.145. The van der Waals surface area contributed by atoms with E-state index < -0.39 is 11.5 Å². The zero-order valence-corrected chi connectivity index (χ0v) is 11.8. The molecule has 0 heterocycles. The molecule has 1 rings (SSSR count). The summed E-state index contributed by atoms with van der Waals surface area (Å²) in [6.45, 7) is 4.53. The van der Waals surface area contributed by atoms with Gasteiger partial charge in [-0.1, -0.05) is 32.0 Å². The Kier molecular flexibility index (Phi) is 6.22. The van der Waals surface area contributed by atoms with Crippen molar-refractivity contribution in [3.05, 3.63) is 30.3 Å². The molecular formula is C14H21NO2S. The maximum Gasteiger partial charge on any atom is 0.323 e. The van der Waals surface area contributed by atoms with Crippen LogP contribution in [0.1, 0.15) is 26.7 Å². The molecule has 0 aliphatic rings. The molecule has 0 aliphatic heterocycles. The van der Waals surface area contributed by atoms with Crippen molar-refractivity contribution in [2.75, 3.05) is 12.3 Å². The summed E-state index contributed by atoms with van der Waals surface area (Å²) in [7, 11) is 0. The zero-order valence-electron chi connectivity index (χ0n) is 11.0. The number of hydrogen-bond donors (Lipinski definition) is 2. The first kappa shape index (κ1) is 15.1. The van der Waals surface area contributed by atoms with Crippen molar-refractivity contribution in [1.82, 2.24) is 5.32 Å². The van der Waals surface area contributed by atoms with E-state index in [1.165, 1.54) is 4.90 Å². The maximum absolute atomic E-state index is 11.3. The summed E-state index contributed by atoms with van der Waals surface area (Å²) in [6.07, 6.45) is 1.21. The zero-order chi connectivity index (χ0) is 13.4. The number of hydrogen-bond acceptors (Lipinski definition) is 3. The first-order chi connectivity index (χ1) is 8.64. The quantitative estimate of drug-likeness (QED) is 0.561. The second kappa shape index (κ2) is 7.44. The highest BCUT2D eigenvalue weighted by Gasteiger charge is 2.33. The molecule has 0 saturated heterocycles. The van der Waals surface area contributed by atoms with Crippen molar-refractivity contribution in [3.63, 3.8) is 0 Å². The van der Waals surface area contributed by atoms with E-state index in [2.05, 4.69) is 17.4 Å². The molecule has 3 nitrogen and oxygen atoms in total. The van der Waals surface area contributed by atoms with E-state index in [4.69, 9.17) is 0 Å². The number of carboxylic acids is 1. The van der Waals surface area contributed by atoms with Gasteiger partial charge in [-0.15, -0.1) is 11.8 Å². The molecule has 0 aliphatic carbocycles. The van der Waals surface area contributed by atoms with Crippen molar-refractivity contribution in [2.45, 2.75) is 37.1 Å². The van der Waals surface area contributed by atoms with E-state index in [1.54, 1.807) is 11.8 Å². The van der Waals surface area contributed by atoms with Crippen LogP contribution in [-0.2, 0) is 4.79 Å². The summed E-state index contributed by atoms with van der Waals surface area (Å²) in [5.74, 6) is 0.121. The minimum Gasteiger partial charge on any atom is -0.480 e. The average molecular weight is 267 g/mol. The Morgan fingerprint density at radius 3 is 2.39 bits per heavy atom. The van der Waals surface area contributed by atoms with Crippen LogP contribution < -0.4 is 5.32 Å². The third kappa shape index (κ3) is 4.03. The Morgan fingerprint density at radius 1 is 1.28 bits per heavy atom. The first-order valence-corrected chi connectivity index (χ1v) is 7.29. The van der Waals surface area contributed by atoms with Gasteiger partial charge in [-0.25, -0.2) is 0 Å². The fraction of sp³-hybridized carbons (Fsp3) is 0.500. The highest BCUT2D eigenvalue weighted by molar-refractivity contribution is 7.99. The fourth-order valence-electron chi connectivity index (χ4n) is 1.85. The van der Waals surface area contributed by atoms with Crippen molar-refractivity contribution >= 4 is 17.7 Å². The van der Waals surface area contributed by atoms with Crippen LogP contribution in [-0.4, -0.2) is 28.9 Å². The minimum absolute atomic E-state index is 0.606. The smallest absolute Gasteiger partial charge is 0.323 e. The highest BCUT2D eigenvalue weighted by Crippen LogP contribution is 2.18. The van der Waals surface area contributed by atoms with Gasteiger partial charge in [0.2, 0.25) is 0 Å². The predicted molar refractivity (Wildman–Crippen MR) is 76.1 cm³/mol. The minimum atomic E-state index is -0.767. The molecule has 0 saturated carbocycles. The number of benzene rings is 1. The molecule has 100 valence electrons. The molecule has 0 amide bonds. The molecule has 0 fully saturated rings. The van der Waals surface area contributed by atoms with Gasteiger partial charge in [-0.2, -0.15) is 0 Å². The number of carbonyl (C=O) groups is 1. The topological polar surface area (TPSA) is 49.3 Å². The second-order valence-corrected chi connectivity index (χ2v) is 5.35. The van der Waals surface area contributed by atoms with Gasteiger partial charge in [-0.3, -0.25) is 4.79 Å². The summed E-state index contributed by atoms with van der Waals surface area (Å²) in [6, 6.07) is 10.1. The van der Waals surface area contributed by atoms with Crippen LogP contribution >= 0.6 is 11.8 Å². The van der Waals surface area contributed by atoms with E-state index in [0.717, 1.165) is 5.75 Å². The van der Waals surface area contributed by atoms with Gasteiger partial charge in [-0.05, 0) is 25.0 Å². The van der Waals surface area contributed by atoms with Crippen molar-refractivity contribution in [2.24, 2.45) is 0 Å². The largest absolute Gasteiger partial charge is 0.480 e. The maximum atomic E-state index is 11.3. The lowest BCUT2D eigenvalue weighted by Crippen LogP contribution is -2.51. The summed E-state index contributed by atoms with van der Waals surface area (Å²) < 4.78 is 0. The van der Waals surface area contributed by atoms with Gasteiger partial charge < -0.3 is 10.4 Å². The third-order valence-corrected chi connectivity index (χ3v) is 4.21. The van der Waals surface area contributed by atoms with Crippen molar-refractivity contribution in [3.8, 4) is 0 Å².